The molecule has 0 bridgehead atoms. The summed E-state index contributed by atoms with van der Waals surface area (Å²) in [6, 6.07) is 21.1. The summed E-state index contributed by atoms with van der Waals surface area (Å²) in [6.07, 6.45) is -0.0271. The summed E-state index contributed by atoms with van der Waals surface area (Å²) in [5.74, 6) is 0.613. The quantitative estimate of drug-likeness (QED) is 0.604. The van der Waals surface area contributed by atoms with Gasteiger partial charge in [-0.25, -0.2) is 0 Å². The fourth-order valence-electron chi connectivity index (χ4n) is 2.95. The first-order chi connectivity index (χ1) is 14.1. The van der Waals surface area contributed by atoms with E-state index in [1.807, 2.05) is 66.7 Å². The van der Waals surface area contributed by atoms with E-state index in [9.17, 15) is 9.59 Å². The lowest BCUT2D eigenvalue weighted by molar-refractivity contribution is -0.132. The van der Waals surface area contributed by atoms with Gasteiger partial charge >= 0.3 is 0 Å². The highest BCUT2D eigenvalue weighted by atomic mass is 16.5. The van der Waals surface area contributed by atoms with Gasteiger partial charge in [-0.1, -0.05) is 48.5 Å². The Balaban J connectivity index is 1.47. The van der Waals surface area contributed by atoms with Crippen molar-refractivity contribution in [3.8, 4) is 11.5 Å². The van der Waals surface area contributed by atoms with Gasteiger partial charge in [-0.3, -0.25) is 20.4 Å². The third kappa shape index (κ3) is 5.48. The molecule has 0 saturated carbocycles. The molecule has 1 atom stereocenters. The molecular formula is C23H24N2O4. The van der Waals surface area contributed by atoms with Crippen LogP contribution in [0.1, 0.15) is 18.9 Å². The molecule has 0 heterocycles. The van der Waals surface area contributed by atoms with E-state index in [1.54, 1.807) is 14.0 Å². The van der Waals surface area contributed by atoms with Gasteiger partial charge in [0.1, 0.15) is 11.5 Å². The molecule has 0 aromatic heterocycles. The second-order valence-electron chi connectivity index (χ2n) is 6.62. The number of hydrogen-bond donors (Lipinski definition) is 2. The number of carbonyl (C=O) groups is 2. The van der Waals surface area contributed by atoms with Gasteiger partial charge < -0.3 is 9.47 Å². The van der Waals surface area contributed by atoms with E-state index >= 15 is 0 Å². The van der Waals surface area contributed by atoms with Crippen molar-refractivity contribution in [2.24, 2.45) is 0 Å². The Morgan fingerprint density at radius 3 is 2.45 bits per heavy atom. The minimum Gasteiger partial charge on any atom is -0.496 e. The molecule has 29 heavy (non-hydrogen) atoms. The highest BCUT2D eigenvalue weighted by Gasteiger charge is 2.16. The first kappa shape index (κ1) is 20.2. The first-order valence-corrected chi connectivity index (χ1v) is 9.43. The van der Waals surface area contributed by atoms with Gasteiger partial charge in [0.2, 0.25) is 5.91 Å². The predicted octanol–water partition coefficient (Wildman–Crippen LogP) is 3.40. The second kappa shape index (κ2) is 9.59. The number of para-hydroxylation sites is 1. The third-order valence-corrected chi connectivity index (χ3v) is 4.54. The third-order valence-electron chi connectivity index (χ3n) is 4.54. The minimum absolute atomic E-state index is 0.223. The summed E-state index contributed by atoms with van der Waals surface area (Å²) in [5.41, 5.74) is 5.77. The maximum atomic E-state index is 12.2. The fourth-order valence-corrected chi connectivity index (χ4v) is 2.95. The van der Waals surface area contributed by atoms with E-state index in [0.717, 1.165) is 22.1 Å². The second-order valence-corrected chi connectivity index (χ2v) is 6.62. The van der Waals surface area contributed by atoms with Gasteiger partial charge in [-0.05, 0) is 47.9 Å². The van der Waals surface area contributed by atoms with Crippen LogP contribution in [0.3, 0.4) is 0 Å². The molecule has 0 aliphatic rings. The number of hydrazine groups is 1. The van der Waals surface area contributed by atoms with Gasteiger partial charge in [-0.15, -0.1) is 0 Å². The van der Waals surface area contributed by atoms with Crippen LogP contribution in [0.5, 0.6) is 11.5 Å². The zero-order valence-corrected chi connectivity index (χ0v) is 16.5. The first-order valence-electron chi connectivity index (χ1n) is 9.43. The molecule has 3 rings (SSSR count). The molecule has 0 aliphatic heterocycles. The molecule has 0 aliphatic carbocycles. The van der Waals surface area contributed by atoms with Gasteiger partial charge in [0, 0.05) is 6.42 Å². The lowest BCUT2D eigenvalue weighted by Gasteiger charge is -2.15. The van der Waals surface area contributed by atoms with E-state index in [4.69, 9.17) is 9.47 Å². The summed E-state index contributed by atoms with van der Waals surface area (Å²) >= 11 is 0. The number of hydrogen-bond acceptors (Lipinski definition) is 4. The molecule has 0 radical (unpaired) electrons. The number of benzene rings is 3. The molecule has 2 N–H and O–H groups in total. The summed E-state index contributed by atoms with van der Waals surface area (Å²) in [4.78, 5) is 24.3. The fraction of sp³-hybridized carbons (Fsp3) is 0.217. The van der Waals surface area contributed by atoms with E-state index in [2.05, 4.69) is 10.9 Å². The highest BCUT2D eigenvalue weighted by molar-refractivity contribution is 5.86. The molecule has 0 fully saturated rings. The topological polar surface area (TPSA) is 76.7 Å². The van der Waals surface area contributed by atoms with E-state index < -0.39 is 12.0 Å². The van der Waals surface area contributed by atoms with Crippen LogP contribution in [0.4, 0.5) is 0 Å². The smallest absolute Gasteiger partial charge is 0.279 e. The molecule has 3 aromatic rings. The summed E-state index contributed by atoms with van der Waals surface area (Å²) in [6.45, 7) is 1.63. The number of rotatable bonds is 7. The van der Waals surface area contributed by atoms with Crippen LogP contribution in [-0.2, 0) is 16.0 Å². The van der Waals surface area contributed by atoms with Gasteiger partial charge in [0.25, 0.3) is 5.91 Å². The maximum Gasteiger partial charge on any atom is 0.279 e. The summed E-state index contributed by atoms with van der Waals surface area (Å²) in [5, 5.41) is 2.13. The largest absolute Gasteiger partial charge is 0.496 e. The molecule has 6 heteroatoms. The number of carbonyl (C=O) groups excluding carboxylic acids is 2. The summed E-state index contributed by atoms with van der Waals surface area (Å²) in [7, 11) is 1.59. The van der Waals surface area contributed by atoms with Gasteiger partial charge in [0.05, 0.1) is 7.11 Å². The van der Waals surface area contributed by atoms with Crippen molar-refractivity contribution >= 4 is 22.6 Å². The Hall–Kier alpha value is -3.54. The van der Waals surface area contributed by atoms with Gasteiger partial charge in [-0.2, -0.15) is 0 Å². The Kier molecular flexibility index (Phi) is 6.68. The van der Waals surface area contributed by atoms with Crippen LogP contribution < -0.4 is 20.3 Å². The zero-order valence-electron chi connectivity index (χ0n) is 16.5. The number of fused-ring (bicyclic) bond motifs is 1. The predicted molar refractivity (Wildman–Crippen MR) is 112 cm³/mol. The van der Waals surface area contributed by atoms with Crippen molar-refractivity contribution < 1.29 is 19.1 Å². The molecule has 3 aromatic carbocycles. The van der Waals surface area contributed by atoms with E-state index in [1.165, 1.54) is 0 Å². The van der Waals surface area contributed by atoms with Crippen LogP contribution in [-0.4, -0.2) is 25.0 Å². The maximum absolute atomic E-state index is 12.2. The SMILES string of the molecule is COc1ccccc1CCC(=O)NNC(=O)C(C)Oc1ccc2ccccc2c1. The lowest BCUT2D eigenvalue weighted by atomic mass is 10.1. The Morgan fingerprint density at radius 1 is 0.931 bits per heavy atom. The monoisotopic (exact) mass is 392 g/mol. The van der Waals surface area contributed by atoms with Crippen LogP contribution >= 0.6 is 0 Å². The van der Waals surface area contributed by atoms with Gasteiger partial charge in [0.15, 0.2) is 6.10 Å². The van der Waals surface area contributed by atoms with Crippen LogP contribution in [0.15, 0.2) is 66.7 Å². The lowest BCUT2D eigenvalue weighted by Crippen LogP contribution is -2.47. The Labute approximate surface area is 169 Å². The highest BCUT2D eigenvalue weighted by Crippen LogP contribution is 2.21. The van der Waals surface area contributed by atoms with E-state index in [0.29, 0.717) is 12.2 Å². The molecule has 0 saturated heterocycles. The zero-order chi connectivity index (χ0) is 20.6. The number of methoxy groups -OCH3 is 1. The number of amides is 2. The normalized spacial score (nSPS) is 11.5. The van der Waals surface area contributed by atoms with Crippen molar-refractivity contribution in [1.82, 2.24) is 10.9 Å². The molecule has 6 nitrogen and oxygen atoms in total. The van der Waals surface area contributed by atoms with Crippen LogP contribution in [0, 0.1) is 0 Å². The van der Waals surface area contributed by atoms with Crippen LogP contribution in [0.25, 0.3) is 10.8 Å². The number of ether oxygens (including phenoxy) is 2. The molecule has 0 spiro atoms. The number of nitrogens with one attached hydrogen (secondary N) is 2. The molecule has 1 unspecified atom stereocenters. The van der Waals surface area contributed by atoms with Crippen LogP contribution in [0.2, 0.25) is 0 Å². The average Bonchev–Trinajstić information content (AvgIpc) is 2.76. The van der Waals surface area contributed by atoms with Crippen molar-refractivity contribution in [3.05, 3.63) is 72.3 Å². The standard InChI is InChI=1S/C23H24N2O4/c1-16(29-20-13-11-17-7-3-4-9-19(17)15-20)23(27)25-24-22(26)14-12-18-8-5-6-10-21(18)28-2/h3-11,13,15-16H,12,14H2,1-2H3,(H,24,26)(H,25,27). The Morgan fingerprint density at radius 2 is 1.66 bits per heavy atom. The number of aryl methyl sites for hydroxylation is 1. The van der Waals surface area contributed by atoms with Crippen molar-refractivity contribution in [1.29, 1.82) is 0 Å². The van der Waals surface area contributed by atoms with E-state index in [-0.39, 0.29) is 12.3 Å². The average molecular weight is 392 g/mol. The molecule has 150 valence electrons. The van der Waals surface area contributed by atoms with Crippen molar-refractivity contribution in [2.45, 2.75) is 25.9 Å². The Bertz CT molecular complexity index is 1000. The van der Waals surface area contributed by atoms with Crippen molar-refractivity contribution in [2.75, 3.05) is 7.11 Å². The molecular weight excluding hydrogens is 368 g/mol. The summed E-state index contributed by atoms with van der Waals surface area (Å²) < 4.78 is 11.0. The van der Waals surface area contributed by atoms with Crippen molar-refractivity contribution in [3.63, 3.8) is 0 Å². The molecule has 2 amide bonds. The minimum atomic E-state index is -0.759.